The van der Waals surface area contributed by atoms with Gasteiger partial charge in [0.25, 0.3) is 0 Å². The Morgan fingerprint density at radius 2 is 1.83 bits per heavy atom. The summed E-state index contributed by atoms with van der Waals surface area (Å²) in [5.74, 6) is 1.06. The molecule has 0 aromatic carbocycles. The number of thioether (sulfide) groups is 2. The first-order chi connectivity index (χ1) is 14.0. The van der Waals surface area contributed by atoms with Crippen molar-refractivity contribution in [3.8, 4) is 0 Å². The van der Waals surface area contributed by atoms with Gasteiger partial charge in [-0.1, -0.05) is 11.8 Å². The number of rotatable bonds is 3. The van der Waals surface area contributed by atoms with Gasteiger partial charge in [-0.3, -0.25) is 0 Å². The minimum Gasteiger partial charge on any atom is -0.378 e. The van der Waals surface area contributed by atoms with Crippen LogP contribution in [0.5, 0.6) is 0 Å². The van der Waals surface area contributed by atoms with E-state index in [4.69, 9.17) is 24.4 Å². The summed E-state index contributed by atoms with van der Waals surface area (Å²) in [4.78, 5) is 18.2. The maximum atomic E-state index is 6.22. The lowest BCUT2D eigenvalue weighted by Gasteiger charge is -2.36. The van der Waals surface area contributed by atoms with Crippen molar-refractivity contribution >= 4 is 61.1 Å². The summed E-state index contributed by atoms with van der Waals surface area (Å²) in [6.45, 7) is 8.14. The van der Waals surface area contributed by atoms with Gasteiger partial charge >= 0.3 is 0 Å². The fourth-order valence-electron chi connectivity index (χ4n) is 4.08. The van der Waals surface area contributed by atoms with E-state index < -0.39 is 0 Å². The van der Waals surface area contributed by atoms with Crippen LogP contribution in [0.2, 0.25) is 0 Å². The molecule has 5 heterocycles. The Hall–Kier alpha value is -1.13. The first-order valence-corrected chi connectivity index (χ1v) is 13.0. The smallest absolute Gasteiger partial charge is 0.189 e. The van der Waals surface area contributed by atoms with E-state index in [2.05, 4.69) is 25.0 Å². The second kappa shape index (κ2) is 7.53. The number of ether oxygens (including phenoxy) is 2. The van der Waals surface area contributed by atoms with Gasteiger partial charge in [-0.2, -0.15) is 0 Å². The van der Waals surface area contributed by atoms with Crippen molar-refractivity contribution in [1.29, 1.82) is 0 Å². The van der Waals surface area contributed by atoms with E-state index in [1.54, 1.807) is 34.9 Å². The summed E-state index contributed by atoms with van der Waals surface area (Å²) in [5.41, 5.74) is 3.41. The van der Waals surface area contributed by atoms with Crippen LogP contribution in [-0.2, 0) is 22.5 Å². The van der Waals surface area contributed by atoms with Crippen molar-refractivity contribution in [2.75, 3.05) is 43.7 Å². The molecule has 0 N–H and O–H groups in total. The van der Waals surface area contributed by atoms with Crippen molar-refractivity contribution in [1.82, 2.24) is 15.0 Å². The Morgan fingerprint density at radius 1 is 1.03 bits per heavy atom. The van der Waals surface area contributed by atoms with Crippen LogP contribution in [0.4, 0.5) is 5.82 Å². The minimum absolute atomic E-state index is 0.199. The number of anilines is 1. The van der Waals surface area contributed by atoms with Crippen LogP contribution < -0.4 is 4.90 Å². The fraction of sp³-hybridized carbons (Fsp3) is 0.550. The highest BCUT2D eigenvalue weighted by atomic mass is 32.2. The van der Waals surface area contributed by atoms with Crippen LogP contribution in [0.15, 0.2) is 10.2 Å². The lowest BCUT2D eigenvalue weighted by Crippen LogP contribution is -2.39. The van der Waals surface area contributed by atoms with Crippen LogP contribution in [0.1, 0.15) is 25.0 Å². The second-order valence-electron chi connectivity index (χ2n) is 7.90. The molecule has 0 amide bonds. The molecule has 5 rings (SSSR count). The van der Waals surface area contributed by atoms with Crippen molar-refractivity contribution in [2.24, 2.45) is 0 Å². The zero-order valence-corrected chi connectivity index (χ0v) is 19.5. The van der Waals surface area contributed by atoms with E-state index in [-0.39, 0.29) is 5.60 Å². The molecular formula is C20H24N4O2S3. The Kier molecular flexibility index (Phi) is 5.14. The summed E-state index contributed by atoms with van der Waals surface area (Å²) >= 11 is 4.99. The maximum Gasteiger partial charge on any atom is 0.189 e. The molecule has 2 aliphatic rings. The first-order valence-electron chi connectivity index (χ1n) is 9.71. The van der Waals surface area contributed by atoms with Gasteiger partial charge in [-0.25, -0.2) is 15.0 Å². The number of fused-ring (bicyclic) bond motifs is 5. The molecule has 29 heavy (non-hydrogen) atoms. The third kappa shape index (κ3) is 3.40. The van der Waals surface area contributed by atoms with Crippen molar-refractivity contribution in [2.45, 2.75) is 42.7 Å². The van der Waals surface area contributed by atoms with Gasteiger partial charge in [0, 0.05) is 30.5 Å². The number of aromatic nitrogens is 3. The van der Waals surface area contributed by atoms with Crippen LogP contribution in [0, 0.1) is 0 Å². The predicted octanol–water partition coefficient (Wildman–Crippen LogP) is 4.37. The van der Waals surface area contributed by atoms with Gasteiger partial charge in [0.2, 0.25) is 0 Å². The molecule has 3 aromatic heterocycles. The van der Waals surface area contributed by atoms with Gasteiger partial charge in [-0.05, 0) is 31.9 Å². The summed E-state index contributed by atoms with van der Waals surface area (Å²) in [6.07, 6.45) is 4.97. The van der Waals surface area contributed by atoms with E-state index in [0.717, 1.165) is 63.8 Å². The molecule has 2 aliphatic heterocycles. The molecule has 0 spiro atoms. The normalized spacial score (nSPS) is 19.1. The van der Waals surface area contributed by atoms with Gasteiger partial charge in [-0.15, -0.1) is 23.1 Å². The third-order valence-electron chi connectivity index (χ3n) is 5.50. The number of pyridine rings is 1. The first kappa shape index (κ1) is 19.8. The van der Waals surface area contributed by atoms with Crippen LogP contribution in [0.25, 0.3) is 20.4 Å². The largest absolute Gasteiger partial charge is 0.378 e. The molecule has 6 nitrogen and oxygen atoms in total. The number of morpholine rings is 1. The summed E-state index contributed by atoms with van der Waals surface area (Å²) in [6, 6.07) is 0. The molecule has 3 aromatic rings. The average Bonchev–Trinajstić information content (AvgIpc) is 3.11. The van der Waals surface area contributed by atoms with E-state index in [1.807, 2.05) is 6.26 Å². The quantitative estimate of drug-likeness (QED) is 0.333. The van der Waals surface area contributed by atoms with Gasteiger partial charge in [0.1, 0.15) is 15.7 Å². The van der Waals surface area contributed by atoms with Crippen LogP contribution in [-0.4, -0.2) is 59.4 Å². The van der Waals surface area contributed by atoms with Gasteiger partial charge in [0.05, 0.1) is 35.6 Å². The zero-order chi connectivity index (χ0) is 20.2. The molecule has 154 valence electrons. The number of hydrogen-bond donors (Lipinski definition) is 0. The fourth-order valence-corrected chi connectivity index (χ4v) is 6.36. The SMILES string of the molecule is CSc1nc(SC)c2sc3nc(N4CCOCC4)c4c(c3c2n1)CC(C)(C)OC4. The molecule has 0 aliphatic carbocycles. The summed E-state index contributed by atoms with van der Waals surface area (Å²) in [5, 5.41) is 3.05. The Labute approximate surface area is 182 Å². The van der Waals surface area contributed by atoms with E-state index in [1.165, 1.54) is 16.5 Å². The predicted molar refractivity (Wildman–Crippen MR) is 122 cm³/mol. The molecule has 0 atom stereocenters. The van der Waals surface area contributed by atoms with Crippen molar-refractivity contribution in [3.63, 3.8) is 0 Å². The monoisotopic (exact) mass is 448 g/mol. The number of nitrogens with zero attached hydrogens (tertiary/aromatic N) is 4. The molecule has 0 radical (unpaired) electrons. The standard InChI is InChI=1S/C20H24N4O2S3/c1-20(2)9-11-12(10-26-20)16(24-5-7-25-8-6-24)22-17-13(11)14-15(29-17)18(27-3)23-19(21-14)28-4/h5-10H2,1-4H3. The molecule has 9 heteroatoms. The van der Waals surface area contributed by atoms with Crippen LogP contribution >= 0.6 is 34.9 Å². The minimum atomic E-state index is -0.199. The highest BCUT2D eigenvalue weighted by Gasteiger charge is 2.33. The maximum absolute atomic E-state index is 6.22. The zero-order valence-electron chi connectivity index (χ0n) is 17.1. The lowest BCUT2D eigenvalue weighted by molar-refractivity contribution is -0.0396. The summed E-state index contributed by atoms with van der Waals surface area (Å²) in [7, 11) is 0. The molecule has 1 saturated heterocycles. The molecule has 1 fully saturated rings. The van der Waals surface area contributed by atoms with Crippen molar-refractivity contribution in [3.05, 3.63) is 11.1 Å². The number of hydrogen-bond acceptors (Lipinski definition) is 9. The Bertz CT molecular complexity index is 1090. The second-order valence-corrected chi connectivity index (χ2v) is 10.5. The van der Waals surface area contributed by atoms with E-state index in [9.17, 15) is 0 Å². The molecule has 0 unspecified atom stereocenters. The highest BCUT2D eigenvalue weighted by molar-refractivity contribution is 7.99. The van der Waals surface area contributed by atoms with E-state index >= 15 is 0 Å². The molecule has 0 saturated carbocycles. The highest BCUT2D eigenvalue weighted by Crippen LogP contribution is 2.44. The van der Waals surface area contributed by atoms with Crippen molar-refractivity contribution < 1.29 is 9.47 Å². The number of thiophene rings is 1. The van der Waals surface area contributed by atoms with Gasteiger partial charge in [0.15, 0.2) is 5.16 Å². The molecular weight excluding hydrogens is 424 g/mol. The Morgan fingerprint density at radius 3 is 2.55 bits per heavy atom. The van der Waals surface area contributed by atoms with Crippen LogP contribution in [0.3, 0.4) is 0 Å². The third-order valence-corrected chi connectivity index (χ3v) is 7.94. The van der Waals surface area contributed by atoms with Gasteiger partial charge < -0.3 is 14.4 Å². The molecule has 0 bridgehead atoms. The topological polar surface area (TPSA) is 60.4 Å². The lowest BCUT2D eigenvalue weighted by atomic mass is 9.90. The summed E-state index contributed by atoms with van der Waals surface area (Å²) < 4.78 is 12.9. The average molecular weight is 449 g/mol. The Balaban J connectivity index is 1.83. The van der Waals surface area contributed by atoms with E-state index in [0.29, 0.717) is 6.61 Å².